The van der Waals surface area contributed by atoms with Crippen molar-refractivity contribution >= 4 is 9.84 Å². The Morgan fingerprint density at radius 3 is 2.30 bits per heavy atom. The van der Waals surface area contributed by atoms with Gasteiger partial charge in [0.25, 0.3) is 15.4 Å². The minimum Gasteiger partial charge on any atom is -0.491 e. The first kappa shape index (κ1) is 26.1. The summed E-state index contributed by atoms with van der Waals surface area (Å²) in [5.74, 6) is 0.659. The molecule has 2 heterocycles. The number of halogens is 3. The number of sulfone groups is 1. The predicted octanol–water partition coefficient (Wildman–Crippen LogP) is 3.93. The predicted molar refractivity (Wildman–Crippen MR) is 126 cm³/mol. The number of rotatable bonds is 9. The molecule has 37 heavy (non-hydrogen) atoms. The van der Waals surface area contributed by atoms with Gasteiger partial charge in [0.2, 0.25) is 11.8 Å². The summed E-state index contributed by atoms with van der Waals surface area (Å²) >= 11 is 0. The fraction of sp³-hybridized carbons (Fsp3) is 0.208. The van der Waals surface area contributed by atoms with Gasteiger partial charge in [-0.05, 0) is 48.0 Å². The SMILES string of the molecule is COCCOc1cccc(Cn2cc(-c3nnc(-c4ccc(S(=O)(=O)C(F)(F)F)cc4)o3)ccc2=O)c1. The highest BCUT2D eigenvalue weighted by atomic mass is 32.2. The molecule has 0 aliphatic rings. The van der Waals surface area contributed by atoms with Crippen molar-refractivity contribution in [2.75, 3.05) is 20.3 Å². The number of ether oxygens (including phenoxy) is 2. The first-order chi connectivity index (χ1) is 17.6. The summed E-state index contributed by atoms with van der Waals surface area (Å²) in [6.07, 6.45) is 1.54. The van der Waals surface area contributed by atoms with Crippen molar-refractivity contribution in [1.29, 1.82) is 0 Å². The topological polar surface area (TPSA) is 114 Å². The van der Waals surface area contributed by atoms with Crippen molar-refractivity contribution in [1.82, 2.24) is 14.8 Å². The summed E-state index contributed by atoms with van der Waals surface area (Å²) in [7, 11) is -3.89. The van der Waals surface area contributed by atoms with Crippen LogP contribution >= 0.6 is 0 Å². The molecule has 194 valence electrons. The maximum atomic E-state index is 12.8. The summed E-state index contributed by atoms with van der Waals surface area (Å²) in [5.41, 5.74) is -4.21. The first-order valence-electron chi connectivity index (χ1n) is 10.8. The van der Waals surface area contributed by atoms with Gasteiger partial charge >= 0.3 is 5.51 Å². The fourth-order valence-electron chi connectivity index (χ4n) is 3.32. The summed E-state index contributed by atoms with van der Waals surface area (Å²) in [4.78, 5) is 11.5. The molecule has 0 bridgehead atoms. The molecule has 0 unspecified atom stereocenters. The van der Waals surface area contributed by atoms with E-state index in [0.717, 1.165) is 29.8 Å². The van der Waals surface area contributed by atoms with Gasteiger partial charge in [-0.1, -0.05) is 12.1 Å². The molecule has 0 saturated heterocycles. The van der Waals surface area contributed by atoms with Crippen molar-refractivity contribution < 1.29 is 35.5 Å². The maximum Gasteiger partial charge on any atom is 0.501 e. The van der Waals surface area contributed by atoms with E-state index in [1.807, 2.05) is 18.2 Å². The third-order valence-corrected chi connectivity index (χ3v) is 6.68. The quantitative estimate of drug-likeness (QED) is 0.296. The number of pyridine rings is 1. The Kier molecular flexibility index (Phi) is 7.45. The lowest BCUT2D eigenvalue weighted by molar-refractivity contribution is -0.0436. The van der Waals surface area contributed by atoms with Gasteiger partial charge in [-0.25, -0.2) is 8.42 Å². The summed E-state index contributed by atoms with van der Waals surface area (Å²) in [5, 5.41) is 7.83. The lowest BCUT2D eigenvalue weighted by Crippen LogP contribution is -2.23. The van der Waals surface area contributed by atoms with Crippen LogP contribution in [0.5, 0.6) is 5.75 Å². The highest BCUT2D eigenvalue weighted by molar-refractivity contribution is 7.92. The lowest BCUT2D eigenvalue weighted by Gasteiger charge is -2.10. The molecular formula is C24H20F3N3O6S. The normalized spacial score (nSPS) is 12.0. The molecule has 9 nitrogen and oxygen atoms in total. The van der Waals surface area contributed by atoms with Crippen LogP contribution in [0.1, 0.15) is 5.56 Å². The van der Waals surface area contributed by atoms with Crippen LogP contribution in [0, 0.1) is 0 Å². The molecule has 0 aliphatic heterocycles. The fourth-order valence-corrected chi connectivity index (χ4v) is 4.08. The minimum atomic E-state index is -5.47. The standard InChI is InChI=1S/C24H20F3N3O6S/c1-34-11-12-35-19-4-2-3-16(13-19)14-30-15-18(7-10-21(30)31)23-29-28-22(36-23)17-5-8-20(9-6-17)37(32,33)24(25,26)27/h2-10,13,15H,11-12,14H2,1H3. The molecule has 4 rings (SSSR count). The highest BCUT2D eigenvalue weighted by Crippen LogP contribution is 2.31. The minimum absolute atomic E-state index is 0.0374. The zero-order chi connectivity index (χ0) is 26.6. The highest BCUT2D eigenvalue weighted by Gasteiger charge is 2.46. The van der Waals surface area contributed by atoms with Gasteiger partial charge in [0.1, 0.15) is 12.4 Å². The Morgan fingerprint density at radius 1 is 0.946 bits per heavy atom. The van der Waals surface area contributed by atoms with Crippen LogP contribution in [-0.4, -0.2) is 49.0 Å². The van der Waals surface area contributed by atoms with E-state index < -0.39 is 20.2 Å². The number of nitrogens with zero attached hydrogens (tertiary/aromatic N) is 3. The Bertz CT molecular complexity index is 1550. The number of hydrogen-bond acceptors (Lipinski definition) is 8. The van der Waals surface area contributed by atoms with Crippen molar-refractivity contribution in [2.24, 2.45) is 0 Å². The Labute approximate surface area is 209 Å². The molecule has 0 aliphatic carbocycles. The molecule has 0 amide bonds. The van der Waals surface area contributed by atoms with E-state index in [9.17, 15) is 26.4 Å². The van der Waals surface area contributed by atoms with E-state index in [4.69, 9.17) is 13.9 Å². The van der Waals surface area contributed by atoms with Gasteiger partial charge in [-0.15, -0.1) is 10.2 Å². The molecule has 0 fully saturated rings. The second kappa shape index (κ2) is 10.6. The molecule has 0 N–H and O–H groups in total. The average Bonchev–Trinajstić information content (AvgIpc) is 3.36. The molecule has 2 aromatic heterocycles. The van der Waals surface area contributed by atoms with Crippen LogP contribution in [-0.2, 0) is 21.1 Å². The largest absolute Gasteiger partial charge is 0.501 e. The zero-order valence-corrected chi connectivity index (χ0v) is 20.1. The second-order valence-electron chi connectivity index (χ2n) is 7.76. The molecular weight excluding hydrogens is 515 g/mol. The third kappa shape index (κ3) is 5.89. The Balaban J connectivity index is 1.54. The monoisotopic (exact) mass is 535 g/mol. The smallest absolute Gasteiger partial charge is 0.491 e. The summed E-state index contributed by atoms with van der Waals surface area (Å²) in [6.45, 7) is 1.06. The number of aromatic nitrogens is 3. The number of methoxy groups -OCH3 is 1. The van der Waals surface area contributed by atoms with Crippen LogP contribution in [0.4, 0.5) is 13.2 Å². The number of hydrogen-bond donors (Lipinski definition) is 0. The summed E-state index contributed by atoms with van der Waals surface area (Å²) < 4.78 is 79.0. The van der Waals surface area contributed by atoms with Crippen molar-refractivity contribution in [2.45, 2.75) is 16.9 Å². The van der Waals surface area contributed by atoms with Crippen LogP contribution in [0.25, 0.3) is 22.9 Å². The lowest BCUT2D eigenvalue weighted by atomic mass is 10.2. The van der Waals surface area contributed by atoms with E-state index in [-0.39, 0.29) is 29.4 Å². The Morgan fingerprint density at radius 2 is 1.62 bits per heavy atom. The summed E-state index contributed by atoms with van der Waals surface area (Å²) in [6, 6.07) is 14.0. The molecule has 0 atom stereocenters. The second-order valence-corrected chi connectivity index (χ2v) is 9.70. The number of alkyl halides is 3. The number of benzene rings is 2. The third-order valence-electron chi connectivity index (χ3n) is 5.18. The zero-order valence-electron chi connectivity index (χ0n) is 19.3. The van der Waals surface area contributed by atoms with Crippen molar-refractivity contribution in [3.63, 3.8) is 0 Å². The van der Waals surface area contributed by atoms with E-state index in [0.29, 0.717) is 24.5 Å². The van der Waals surface area contributed by atoms with Gasteiger partial charge in [-0.3, -0.25) is 4.79 Å². The Hall–Kier alpha value is -3.97. The molecule has 0 radical (unpaired) electrons. The molecule has 2 aromatic carbocycles. The first-order valence-corrected chi connectivity index (χ1v) is 12.2. The maximum absolute atomic E-state index is 12.8. The van der Waals surface area contributed by atoms with Crippen LogP contribution in [0.2, 0.25) is 0 Å². The van der Waals surface area contributed by atoms with Crippen LogP contribution < -0.4 is 10.3 Å². The average molecular weight is 536 g/mol. The van der Waals surface area contributed by atoms with Crippen molar-refractivity contribution in [3.05, 3.63) is 82.8 Å². The van der Waals surface area contributed by atoms with Crippen molar-refractivity contribution in [3.8, 4) is 28.7 Å². The molecule has 0 spiro atoms. The van der Waals surface area contributed by atoms with Gasteiger partial charge in [0, 0.05) is 24.9 Å². The van der Waals surface area contributed by atoms with Gasteiger partial charge < -0.3 is 18.5 Å². The van der Waals surface area contributed by atoms with Gasteiger partial charge in [0.05, 0.1) is 23.6 Å². The molecule has 13 heteroatoms. The van der Waals surface area contributed by atoms with E-state index in [2.05, 4.69) is 10.2 Å². The molecule has 4 aromatic rings. The molecule has 0 saturated carbocycles. The van der Waals surface area contributed by atoms with Gasteiger partial charge in [0.15, 0.2) is 0 Å². The van der Waals surface area contributed by atoms with Crippen LogP contribution in [0.3, 0.4) is 0 Å². The van der Waals surface area contributed by atoms with E-state index in [1.54, 1.807) is 13.2 Å². The van der Waals surface area contributed by atoms with E-state index in [1.165, 1.54) is 22.9 Å². The van der Waals surface area contributed by atoms with E-state index >= 15 is 0 Å². The van der Waals surface area contributed by atoms with Gasteiger partial charge in [-0.2, -0.15) is 13.2 Å². The van der Waals surface area contributed by atoms with Crippen LogP contribution in [0.15, 0.2) is 81.0 Å².